The molecule has 0 spiro atoms. The minimum atomic E-state index is -0.710. The molecule has 0 aliphatic carbocycles. The molecule has 1 fully saturated rings. The molecule has 0 bridgehead atoms. The van der Waals surface area contributed by atoms with E-state index >= 15 is 0 Å². The van der Waals surface area contributed by atoms with Gasteiger partial charge in [0.25, 0.3) is 0 Å². The number of rotatable bonds is 3. The average molecular weight is 275 g/mol. The lowest BCUT2D eigenvalue weighted by Crippen LogP contribution is -2.30. The fraction of sp³-hybridized carbons (Fsp3) is 0.647. The van der Waals surface area contributed by atoms with Crippen LogP contribution in [0.5, 0.6) is 5.75 Å². The first-order chi connectivity index (χ1) is 9.73. The molecule has 2 heterocycles. The Morgan fingerprint density at radius 3 is 3.05 bits per heavy atom. The second-order valence-corrected chi connectivity index (χ2v) is 6.12. The topological polar surface area (TPSA) is 32.7 Å². The summed E-state index contributed by atoms with van der Waals surface area (Å²) in [5.41, 5.74) is 1.56. The molecule has 20 heavy (non-hydrogen) atoms. The molecule has 3 rings (SSSR count). The third-order valence-electron chi connectivity index (χ3n) is 4.66. The first kappa shape index (κ1) is 13.9. The molecule has 1 unspecified atom stereocenters. The molecular formula is C17H25NO2. The molecule has 0 aromatic heterocycles. The number of nitrogens with zero attached hydrogens (tertiary/aromatic N) is 1. The van der Waals surface area contributed by atoms with Gasteiger partial charge in [-0.2, -0.15) is 0 Å². The third-order valence-corrected chi connectivity index (χ3v) is 4.66. The van der Waals surface area contributed by atoms with Gasteiger partial charge in [0.15, 0.2) is 0 Å². The number of hydrogen-bond donors (Lipinski definition) is 1. The van der Waals surface area contributed by atoms with Gasteiger partial charge in [0.2, 0.25) is 0 Å². The van der Waals surface area contributed by atoms with Crippen LogP contribution in [0.4, 0.5) is 0 Å². The van der Waals surface area contributed by atoms with E-state index in [-0.39, 0.29) is 0 Å². The van der Waals surface area contributed by atoms with Gasteiger partial charge in [0.1, 0.15) is 5.75 Å². The highest BCUT2D eigenvalue weighted by Gasteiger charge is 2.35. The molecular weight excluding hydrogens is 250 g/mol. The first-order valence-electron chi connectivity index (χ1n) is 7.93. The van der Waals surface area contributed by atoms with Crippen molar-refractivity contribution in [2.75, 3.05) is 26.2 Å². The highest BCUT2D eigenvalue weighted by Crippen LogP contribution is 2.41. The van der Waals surface area contributed by atoms with Crippen LogP contribution in [0.25, 0.3) is 0 Å². The van der Waals surface area contributed by atoms with Crippen molar-refractivity contribution in [2.24, 2.45) is 0 Å². The van der Waals surface area contributed by atoms with E-state index in [2.05, 4.69) is 30.0 Å². The van der Waals surface area contributed by atoms with E-state index < -0.39 is 5.60 Å². The van der Waals surface area contributed by atoms with Crippen LogP contribution in [-0.4, -0.2) is 36.2 Å². The first-order valence-corrected chi connectivity index (χ1v) is 7.93. The van der Waals surface area contributed by atoms with Gasteiger partial charge in [0, 0.05) is 18.5 Å². The zero-order valence-electron chi connectivity index (χ0n) is 12.4. The monoisotopic (exact) mass is 275 g/mol. The third kappa shape index (κ3) is 2.57. The molecule has 3 nitrogen and oxygen atoms in total. The van der Waals surface area contributed by atoms with Crippen LogP contribution in [0.15, 0.2) is 18.2 Å². The maximum absolute atomic E-state index is 11.2. The summed E-state index contributed by atoms with van der Waals surface area (Å²) in [5, 5.41) is 11.2. The Morgan fingerprint density at radius 1 is 1.30 bits per heavy atom. The van der Waals surface area contributed by atoms with Crippen LogP contribution in [0.1, 0.15) is 43.7 Å². The Bertz CT molecular complexity index is 474. The summed E-state index contributed by atoms with van der Waals surface area (Å²) in [5.74, 6) is 0.957. The average Bonchev–Trinajstić information content (AvgIpc) is 2.85. The van der Waals surface area contributed by atoms with Crippen molar-refractivity contribution in [1.29, 1.82) is 0 Å². The van der Waals surface area contributed by atoms with Gasteiger partial charge in [0.05, 0.1) is 12.2 Å². The van der Waals surface area contributed by atoms with Crippen LogP contribution in [-0.2, 0) is 12.0 Å². The number of likely N-dealkylation sites (tertiary alicyclic amines) is 1. The Morgan fingerprint density at radius 2 is 2.20 bits per heavy atom. The van der Waals surface area contributed by atoms with Gasteiger partial charge in [-0.3, -0.25) is 0 Å². The molecule has 1 aromatic rings. The van der Waals surface area contributed by atoms with Gasteiger partial charge in [-0.15, -0.1) is 0 Å². The number of para-hydroxylation sites is 1. The zero-order valence-corrected chi connectivity index (χ0v) is 12.4. The summed E-state index contributed by atoms with van der Waals surface area (Å²) in [6.45, 7) is 6.19. The van der Waals surface area contributed by atoms with E-state index in [4.69, 9.17) is 4.74 Å². The van der Waals surface area contributed by atoms with E-state index in [0.717, 1.165) is 63.2 Å². The van der Waals surface area contributed by atoms with Crippen molar-refractivity contribution in [1.82, 2.24) is 4.90 Å². The summed E-state index contributed by atoms with van der Waals surface area (Å²) in [6.07, 6.45) is 4.86. The molecule has 1 aromatic carbocycles. The summed E-state index contributed by atoms with van der Waals surface area (Å²) in [4.78, 5) is 2.47. The van der Waals surface area contributed by atoms with E-state index in [1.165, 1.54) is 12.0 Å². The predicted octanol–water partition coefficient (Wildman–Crippen LogP) is 2.71. The van der Waals surface area contributed by atoms with E-state index in [1.54, 1.807) is 0 Å². The minimum absolute atomic E-state index is 0.710. The summed E-state index contributed by atoms with van der Waals surface area (Å²) < 4.78 is 5.79. The number of hydrogen-bond acceptors (Lipinski definition) is 3. The maximum atomic E-state index is 11.2. The highest BCUT2D eigenvalue weighted by atomic mass is 16.5. The molecule has 0 saturated carbocycles. The summed E-state index contributed by atoms with van der Waals surface area (Å²) >= 11 is 0. The lowest BCUT2D eigenvalue weighted by Gasteiger charge is -2.29. The van der Waals surface area contributed by atoms with Crippen LogP contribution in [0.3, 0.4) is 0 Å². The van der Waals surface area contributed by atoms with E-state index in [0.29, 0.717) is 0 Å². The van der Waals surface area contributed by atoms with E-state index in [9.17, 15) is 5.11 Å². The zero-order chi connectivity index (χ0) is 14.0. The molecule has 110 valence electrons. The van der Waals surface area contributed by atoms with E-state index in [1.807, 2.05) is 0 Å². The van der Waals surface area contributed by atoms with Gasteiger partial charge in [-0.05, 0) is 44.3 Å². The highest BCUT2D eigenvalue weighted by molar-refractivity contribution is 5.47. The van der Waals surface area contributed by atoms with Crippen LogP contribution in [0, 0.1) is 0 Å². The van der Waals surface area contributed by atoms with Crippen LogP contribution < -0.4 is 4.74 Å². The van der Waals surface area contributed by atoms with Gasteiger partial charge in [-0.25, -0.2) is 0 Å². The van der Waals surface area contributed by atoms with Crippen molar-refractivity contribution in [3.05, 3.63) is 29.3 Å². The fourth-order valence-electron chi connectivity index (χ4n) is 3.57. The fourth-order valence-corrected chi connectivity index (χ4v) is 3.57. The number of benzene rings is 1. The molecule has 2 aliphatic rings. The second kappa shape index (κ2) is 5.74. The number of fused-ring (bicyclic) bond motifs is 1. The number of aliphatic hydroxyl groups is 1. The molecule has 0 amide bonds. The van der Waals surface area contributed by atoms with Gasteiger partial charge in [-0.1, -0.05) is 25.1 Å². The molecule has 1 N–H and O–H groups in total. The van der Waals surface area contributed by atoms with Crippen LogP contribution >= 0.6 is 0 Å². The normalized spacial score (nSPS) is 26.9. The van der Waals surface area contributed by atoms with Crippen molar-refractivity contribution in [3.63, 3.8) is 0 Å². The van der Waals surface area contributed by atoms with Crippen molar-refractivity contribution in [2.45, 2.75) is 44.6 Å². The lowest BCUT2D eigenvalue weighted by molar-refractivity contribution is 0.0190. The largest absolute Gasteiger partial charge is 0.493 e. The second-order valence-electron chi connectivity index (χ2n) is 6.12. The summed E-state index contributed by atoms with van der Waals surface area (Å²) in [7, 11) is 0. The maximum Gasteiger partial charge on any atom is 0.128 e. The Hall–Kier alpha value is -1.06. The Labute approximate surface area is 121 Å². The predicted molar refractivity (Wildman–Crippen MR) is 80.1 cm³/mol. The smallest absolute Gasteiger partial charge is 0.128 e. The molecule has 1 saturated heterocycles. The van der Waals surface area contributed by atoms with Crippen LogP contribution in [0.2, 0.25) is 0 Å². The molecule has 1 atom stereocenters. The SMILES string of the molecule is CCCN1CCCC(O)(c2cccc3c2OCC3)CC1. The van der Waals surface area contributed by atoms with Crippen molar-refractivity contribution < 1.29 is 9.84 Å². The van der Waals surface area contributed by atoms with Gasteiger partial charge >= 0.3 is 0 Å². The summed E-state index contributed by atoms with van der Waals surface area (Å²) in [6, 6.07) is 6.24. The van der Waals surface area contributed by atoms with Gasteiger partial charge < -0.3 is 14.7 Å². The van der Waals surface area contributed by atoms with Crippen molar-refractivity contribution >= 4 is 0 Å². The lowest BCUT2D eigenvalue weighted by atomic mass is 9.85. The number of ether oxygens (including phenoxy) is 1. The minimum Gasteiger partial charge on any atom is -0.493 e. The Balaban J connectivity index is 1.84. The Kier molecular flexibility index (Phi) is 3.99. The quantitative estimate of drug-likeness (QED) is 0.920. The standard InChI is InChI=1S/C17H25NO2/c1-2-10-18-11-4-8-17(19,9-12-18)15-6-3-5-14-7-13-20-16(14)15/h3,5-6,19H,2,4,7-13H2,1H3. The van der Waals surface area contributed by atoms with Crippen molar-refractivity contribution in [3.8, 4) is 5.75 Å². The molecule has 2 aliphatic heterocycles. The molecule has 3 heteroatoms. The molecule has 0 radical (unpaired) electrons.